The summed E-state index contributed by atoms with van der Waals surface area (Å²) in [6, 6.07) is 9.65. The van der Waals surface area contributed by atoms with Crippen LogP contribution in [0.1, 0.15) is 6.42 Å². The number of nitrogens with zero attached hydrogens (tertiary/aromatic N) is 1. The second-order valence-corrected chi connectivity index (χ2v) is 3.87. The van der Waals surface area contributed by atoms with Gasteiger partial charge in [0.15, 0.2) is 12.4 Å². The predicted molar refractivity (Wildman–Crippen MR) is 59.1 cm³/mol. The summed E-state index contributed by atoms with van der Waals surface area (Å²) in [6.07, 6.45) is 0.212. The molecule has 17 heavy (non-hydrogen) atoms. The van der Waals surface area contributed by atoms with Crippen LogP contribution in [0.4, 0.5) is 0 Å². The average Bonchev–Trinajstić information content (AvgIpc) is 2.77. The monoisotopic (exact) mass is 236 g/mol. The Kier molecular flexibility index (Phi) is 3.95. The van der Waals surface area contributed by atoms with Gasteiger partial charge in [-0.2, -0.15) is 4.89 Å². The van der Waals surface area contributed by atoms with Crippen molar-refractivity contribution in [1.29, 1.82) is 0 Å². The number of benzene rings is 1. The van der Waals surface area contributed by atoms with Gasteiger partial charge in [-0.1, -0.05) is 12.1 Å². The van der Waals surface area contributed by atoms with Crippen LogP contribution in [-0.2, 0) is 9.68 Å². The standard InChI is InChI=1S/C12H14NO4/c14-10-6-7-13(8-10)12(15)9-16-17-11-4-2-1-3-5-11/h1-2,4-5,10,14H,6-9H2. The molecule has 1 unspecified atom stereocenters. The number of hydrogen-bond acceptors (Lipinski definition) is 4. The van der Waals surface area contributed by atoms with Gasteiger partial charge in [0, 0.05) is 13.1 Å². The molecule has 91 valence electrons. The van der Waals surface area contributed by atoms with Crippen molar-refractivity contribution < 1.29 is 19.7 Å². The highest BCUT2D eigenvalue weighted by Crippen LogP contribution is 2.10. The quantitative estimate of drug-likeness (QED) is 0.607. The molecule has 1 radical (unpaired) electrons. The summed E-state index contributed by atoms with van der Waals surface area (Å²) in [5.74, 6) is 0.322. The molecule has 0 saturated carbocycles. The van der Waals surface area contributed by atoms with Gasteiger partial charge in [-0.05, 0) is 24.6 Å². The van der Waals surface area contributed by atoms with Gasteiger partial charge in [-0.25, -0.2) is 0 Å². The maximum atomic E-state index is 11.6. The van der Waals surface area contributed by atoms with Crippen molar-refractivity contribution in [3.05, 3.63) is 30.3 Å². The molecule has 2 rings (SSSR count). The molecule has 0 aromatic heterocycles. The molecular formula is C12H14NO4. The molecule has 0 bridgehead atoms. The lowest BCUT2D eigenvalue weighted by Crippen LogP contribution is -2.33. The summed E-state index contributed by atoms with van der Waals surface area (Å²) in [4.78, 5) is 22.9. The molecule has 1 heterocycles. The molecule has 1 saturated heterocycles. The topological polar surface area (TPSA) is 59.0 Å². The van der Waals surface area contributed by atoms with E-state index in [0.717, 1.165) is 0 Å². The van der Waals surface area contributed by atoms with E-state index in [1.807, 2.05) is 0 Å². The predicted octanol–water partition coefficient (Wildman–Crippen LogP) is 0.390. The molecule has 1 atom stereocenters. The van der Waals surface area contributed by atoms with Crippen LogP contribution in [0, 0.1) is 6.07 Å². The molecule has 1 amide bonds. The Morgan fingerprint density at radius 1 is 1.65 bits per heavy atom. The van der Waals surface area contributed by atoms with Gasteiger partial charge in [-0.3, -0.25) is 4.79 Å². The molecule has 5 nitrogen and oxygen atoms in total. The summed E-state index contributed by atoms with van der Waals surface area (Å²) in [7, 11) is 0. The fraction of sp³-hybridized carbons (Fsp3) is 0.417. The van der Waals surface area contributed by atoms with Crippen molar-refractivity contribution in [3.8, 4) is 5.75 Å². The zero-order valence-corrected chi connectivity index (χ0v) is 9.33. The molecule has 1 aliphatic heterocycles. The Balaban J connectivity index is 1.70. The smallest absolute Gasteiger partial charge is 0.253 e. The first-order chi connectivity index (χ1) is 8.25. The minimum Gasteiger partial charge on any atom is -0.391 e. The number of aliphatic hydroxyl groups is 1. The first-order valence-corrected chi connectivity index (χ1v) is 5.47. The van der Waals surface area contributed by atoms with Gasteiger partial charge < -0.3 is 14.9 Å². The first kappa shape index (κ1) is 11.9. The van der Waals surface area contributed by atoms with E-state index >= 15 is 0 Å². The molecule has 1 aromatic carbocycles. The van der Waals surface area contributed by atoms with Crippen LogP contribution in [0.5, 0.6) is 5.75 Å². The van der Waals surface area contributed by atoms with E-state index in [9.17, 15) is 9.90 Å². The lowest BCUT2D eigenvalue weighted by molar-refractivity contribution is -0.210. The third kappa shape index (κ3) is 3.44. The number of aliphatic hydroxyl groups excluding tert-OH is 1. The van der Waals surface area contributed by atoms with Gasteiger partial charge in [0.25, 0.3) is 5.91 Å². The van der Waals surface area contributed by atoms with Crippen LogP contribution in [-0.4, -0.2) is 41.7 Å². The van der Waals surface area contributed by atoms with Crippen LogP contribution < -0.4 is 4.89 Å². The largest absolute Gasteiger partial charge is 0.391 e. The molecular weight excluding hydrogens is 222 g/mol. The minimum absolute atomic E-state index is 0.151. The molecule has 0 aliphatic carbocycles. The summed E-state index contributed by atoms with van der Waals surface area (Å²) in [6.45, 7) is 0.797. The third-order valence-electron chi connectivity index (χ3n) is 2.53. The summed E-state index contributed by atoms with van der Waals surface area (Å²) in [5.41, 5.74) is 0. The number of carbonyl (C=O) groups excluding carboxylic acids is 1. The molecule has 1 aliphatic rings. The second kappa shape index (κ2) is 5.65. The summed E-state index contributed by atoms with van der Waals surface area (Å²) < 4.78 is 0. The fourth-order valence-corrected chi connectivity index (χ4v) is 1.64. The lowest BCUT2D eigenvalue weighted by atomic mass is 10.3. The van der Waals surface area contributed by atoms with Gasteiger partial charge in [-0.15, -0.1) is 0 Å². The number of rotatable bonds is 4. The van der Waals surface area contributed by atoms with Crippen LogP contribution in [0.3, 0.4) is 0 Å². The summed E-state index contributed by atoms with van der Waals surface area (Å²) >= 11 is 0. The van der Waals surface area contributed by atoms with Crippen molar-refractivity contribution in [2.75, 3.05) is 19.7 Å². The van der Waals surface area contributed by atoms with Crippen molar-refractivity contribution in [2.24, 2.45) is 0 Å². The van der Waals surface area contributed by atoms with Gasteiger partial charge in [0.05, 0.1) is 6.10 Å². The van der Waals surface area contributed by atoms with E-state index in [-0.39, 0.29) is 12.5 Å². The van der Waals surface area contributed by atoms with E-state index in [1.54, 1.807) is 29.2 Å². The first-order valence-electron chi connectivity index (χ1n) is 5.47. The minimum atomic E-state index is -0.413. The molecule has 0 spiro atoms. The number of likely N-dealkylation sites (tertiary alicyclic amines) is 1. The Morgan fingerprint density at radius 3 is 3.18 bits per heavy atom. The van der Waals surface area contributed by atoms with E-state index in [4.69, 9.17) is 9.78 Å². The van der Waals surface area contributed by atoms with Crippen molar-refractivity contribution in [2.45, 2.75) is 12.5 Å². The summed E-state index contributed by atoms with van der Waals surface area (Å²) in [5, 5.41) is 9.28. The van der Waals surface area contributed by atoms with Gasteiger partial charge in [0.1, 0.15) is 0 Å². The average molecular weight is 236 g/mol. The highest BCUT2D eigenvalue weighted by Gasteiger charge is 2.24. The van der Waals surface area contributed by atoms with E-state index < -0.39 is 6.10 Å². The number of carbonyl (C=O) groups is 1. The van der Waals surface area contributed by atoms with Crippen molar-refractivity contribution >= 4 is 5.91 Å². The van der Waals surface area contributed by atoms with Crippen LogP contribution >= 0.6 is 0 Å². The Hall–Kier alpha value is -1.59. The lowest BCUT2D eigenvalue weighted by Gasteiger charge is -2.14. The normalized spacial score (nSPS) is 19.4. The zero-order chi connectivity index (χ0) is 12.1. The Morgan fingerprint density at radius 2 is 2.53 bits per heavy atom. The Bertz CT molecular complexity index is 368. The van der Waals surface area contributed by atoms with Gasteiger partial charge >= 0.3 is 0 Å². The Labute approximate surface area is 99.5 Å². The highest BCUT2D eigenvalue weighted by atomic mass is 17.2. The third-order valence-corrected chi connectivity index (χ3v) is 2.53. The number of hydrogen-bond donors (Lipinski definition) is 1. The van der Waals surface area contributed by atoms with E-state index in [0.29, 0.717) is 25.3 Å². The number of amides is 1. The van der Waals surface area contributed by atoms with Crippen LogP contribution in [0.25, 0.3) is 0 Å². The highest BCUT2D eigenvalue weighted by molar-refractivity contribution is 5.77. The van der Waals surface area contributed by atoms with Crippen molar-refractivity contribution in [3.63, 3.8) is 0 Å². The SMILES string of the molecule is O=C(COOc1c[c]ccc1)N1CCC(O)C1. The van der Waals surface area contributed by atoms with E-state index in [1.165, 1.54) is 0 Å². The maximum Gasteiger partial charge on any atom is 0.253 e. The number of β-amino-alcohol motifs (C(OH)–C–C–N with tert-alkyl or cyclic N) is 1. The molecule has 1 aromatic rings. The maximum absolute atomic E-state index is 11.6. The zero-order valence-electron chi connectivity index (χ0n) is 9.33. The molecule has 5 heteroatoms. The van der Waals surface area contributed by atoms with Crippen LogP contribution in [0.15, 0.2) is 24.3 Å². The van der Waals surface area contributed by atoms with E-state index in [2.05, 4.69) is 6.07 Å². The molecule has 1 fully saturated rings. The van der Waals surface area contributed by atoms with Gasteiger partial charge in [0.2, 0.25) is 0 Å². The molecule has 1 N–H and O–H groups in total. The second-order valence-electron chi connectivity index (χ2n) is 3.87. The van der Waals surface area contributed by atoms with Crippen LogP contribution in [0.2, 0.25) is 0 Å². The van der Waals surface area contributed by atoms with Crippen molar-refractivity contribution in [1.82, 2.24) is 4.90 Å². The fourth-order valence-electron chi connectivity index (χ4n) is 1.64.